The Morgan fingerprint density at radius 3 is 2.82 bits per heavy atom. The average Bonchev–Trinajstić information content (AvgIpc) is 2.85. The second-order valence-corrected chi connectivity index (χ2v) is 6.15. The average molecular weight is 311 g/mol. The van der Waals surface area contributed by atoms with E-state index < -0.39 is 0 Å². The van der Waals surface area contributed by atoms with E-state index in [1.54, 1.807) is 18.0 Å². The highest BCUT2D eigenvalue weighted by Gasteiger charge is 2.30. The maximum absolute atomic E-state index is 12.4. The van der Waals surface area contributed by atoms with E-state index in [0.29, 0.717) is 13.2 Å². The van der Waals surface area contributed by atoms with Crippen LogP contribution in [-0.2, 0) is 6.54 Å². The lowest BCUT2D eigenvalue weighted by atomic mass is 10.1. The molecule has 0 bridgehead atoms. The van der Waals surface area contributed by atoms with Crippen LogP contribution in [0.1, 0.15) is 22.8 Å². The van der Waals surface area contributed by atoms with E-state index >= 15 is 0 Å². The molecular formula is C18H17NO2S. The normalized spacial score (nSPS) is 17.0. The van der Waals surface area contributed by atoms with Crippen molar-refractivity contribution in [2.75, 3.05) is 6.61 Å². The number of thioether (sulfide) groups is 1. The first-order chi connectivity index (χ1) is 10.8. The topological polar surface area (TPSA) is 38.7 Å². The SMILES string of the molecule is CCOc1ccc2c(c1)C(=O)[C@H](C=NCc1ccccc1)S2. The molecule has 112 valence electrons. The minimum Gasteiger partial charge on any atom is -0.494 e. The lowest BCUT2D eigenvalue weighted by Crippen LogP contribution is -2.13. The zero-order chi connectivity index (χ0) is 15.4. The Morgan fingerprint density at radius 1 is 1.23 bits per heavy atom. The number of nitrogens with zero attached hydrogens (tertiary/aromatic N) is 1. The van der Waals surface area contributed by atoms with Crippen molar-refractivity contribution in [3.05, 3.63) is 59.7 Å². The molecule has 0 saturated heterocycles. The van der Waals surface area contributed by atoms with E-state index in [-0.39, 0.29) is 11.0 Å². The van der Waals surface area contributed by atoms with Crippen LogP contribution >= 0.6 is 11.8 Å². The second-order valence-electron chi connectivity index (χ2n) is 4.97. The van der Waals surface area contributed by atoms with Crippen LogP contribution in [0.25, 0.3) is 0 Å². The minimum atomic E-state index is -0.226. The molecule has 0 saturated carbocycles. The van der Waals surface area contributed by atoms with Gasteiger partial charge in [0.05, 0.1) is 13.2 Å². The quantitative estimate of drug-likeness (QED) is 0.783. The second kappa shape index (κ2) is 6.79. The highest BCUT2D eigenvalue weighted by Crippen LogP contribution is 2.38. The molecule has 1 aliphatic heterocycles. The number of fused-ring (bicyclic) bond motifs is 1. The first-order valence-electron chi connectivity index (χ1n) is 7.29. The van der Waals surface area contributed by atoms with Crippen LogP contribution in [0.3, 0.4) is 0 Å². The van der Waals surface area contributed by atoms with Crippen molar-refractivity contribution in [3.8, 4) is 5.75 Å². The van der Waals surface area contributed by atoms with Gasteiger partial charge in [0.1, 0.15) is 11.0 Å². The summed E-state index contributed by atoms with van der Waals surface area (Å²) in [6.45, 7) is 3.14. The molecule has 3 nitrogen and oxygen atoms in total. The Kier molecular flexibility index (Phi) is 4.59. The number of carbonyl (C=O) groups excluding carboxylic acids is 1. The standard InChI is InChI=1S/C18H17NO2S/c1-2-21-14-8-9-16-15(10-14)18(20)17(22-16)12-19-11-13-6-4-3-5-7-13/h3-10,12,17H,2,11H2,1H3/t17-/m0/s1. The van der Waals surface area contributed by atoms with Gasteiger partial charge in [-0.15, -0.1) is 11.8 Å². The Morgan fingerprint density at radius 2 is 2.05 bits per heavy atom. The van der Waals surface area contributed by atoms with E-state index in [0.717, 1.165) is 21.8 Å². The van der Waals surface area contributed by atoms with Crippen LogP contribution in [0.4, 0.5) is 0 Å². The highest BCUT2D eigenvalue weighted by atomic mass is 32.2. The Hall–Kier alpha value is -2.07. The number of aliphatic imine (C=N–C) groups is 1. The fourth-order valence-electron chi connectivity index (χ4n) is 2.34. The number of Topliss-reactive ketones (excluding diaryl/α,β-unsaturated/α-hetero) is 1. The van der Waals surface area contributed by atoms with Crippen LogP contribution in [0.15, 0.2) is 58.4 Å². The van der Waals surface area contributed by atoms with Crippen molar-refractivity contribution >= 4 is 23.8 Å². The van der Waals surface area contributed by atoms with Crippen molar-refractivity contribution in [1.29, 1.82) is 0 Å². The van der Waals surface area contributed by atoms with Crippen molar-refractivity contribution in [1.82, 2.24) is 0 Å². The summed E-state index contributed by atoms with van der Waals surface area (Å²) in [7, 11) is 0. The molecule has 0 amide bonds. The Balaban J connectivity index is 1.68. The van der Waals surface area contributed by atoms with Gasteiger partial charge in [0.2, 0.25) is 0 Å². The molecule has 22 heavy (non-hydrogen) atoms. The molecule has 1 atom stereocenters. The van der Waals surface area contributed by atoms with Crippen molar-refractivity contribution in [2.24, 2.45) is 4.99 Å². The lowest BCUT2D eigenvalue weighted by molar-refractivity contribution is 0.101. The minimum absolute atomic E-state index is 0.110. The number of carbonyl (C=O) groups is 1. The highest BCUT2D eigenvalue weighted by molar-refractivity contribution is 8.02. The summed E-state index contributed by atoms with van der Waals surface area (Å²) in [4.78, 5) is 17.9. The summed E-state index contributed by atoms with van der Waals surface area (Å²) >= 11 is 1.55. The summed E-state index contributed by atoms with van der Waals surface area (Å²) in [5.41, 5.74) is 1.89. The molecule has 4 heteroatoms. The molecule has 0 N–H and O–H groups in total. The molecule has 2 aromatic carbocycles. The number of hydrogen-bond acceptors (Lipinski definition) is 4. The molecule has 0 fully saturated rings. The predicted molar refractivity (Wildman–Crippen MR) is 90.2 cm³/mol. The van der Waals surface area contributed by atoms with Crippen molar-refractivity contribution in [3.63, 3.8) is 0 Å². The Labute approximate surface area is 134 Å². The molecule has 2 aromatic rings. The summed E-state index contributed by atoms with van der Waals surface area (Å²) in [5, 5.41) is -0.226. The van der Waals surface area contributed by atoms with Crippen LogP contribution in [-0.4, -0.2) is 23.9 Å². The molecule has 0 unspecified atom stereocenters. The van der Waals surface area contributed by atoms with Gasteiger partial charge in [-0.2, -0.15) is 0 Å². The molecule has 0 radical (unpaired) electrons. The van der Waals surface area contributed by atoms with Gasteiger partial charge in [-0.25, -0.2) is 0 Å². The largest absolute Gasteiger partial charge is 0.494 e. The first-order valence-corrected chi connectivity index (χ1v) is 8.17. The summed E-state index contributed by atoms with van der Waals surface area (Å²) in [5.74, 6) is 0.857. The van der Waals surface area contributed by atoms with Gasteiger partial charge >= 0.3 is 0 Å². The fourth-order valence-corrected chi connectivity index (χ4v) is 3.43. The van der Waals surface area contributed by atoms with Gasteiger partial charge in [-0.1, -0.05) is 30.3 Å². The predicted octanol–water partition coefficient (Wildman–Crippen LogP) is 4.01. The van der Waals surface area contributed by atoms with Gasteiger partial charge in [0, 0.05) is 16.7 Å². The van der Waals surface area contributed by atoms with Crippen LogP contribution in [0.5, 0.6) is 5.75 Å². The lowest BCUT2D eigenvalue weighted by Gasteiger charge is -2.03. The summed E-state index contributed by atoms with van der Waals surface area (Å²) in [6.07, 6.45) is 1.76. The monoisotopic (exact) mass is 311 g/mol. The van der Waals surface area contributed by atoms with Crippen molar-refractivity contribution < 1.29 is 9.53 Å². The maximum atomic E-state index is 12.4. The molecule has 0 aromatic heterocycles. The van der Waals surface area contributed by atoms with E-state index in [1.165, 1.54) is 0 Å². The zero-order valence-electron chi connectivity index (χ0n) is 12.4. The van der Waals surface area contributed by atoms with E-state index in [9.17, 15) is 4.79 Å². The zero-order valence-corrected chi connectivity index (χ0v) is 13.2. The van der Waals surface area contributed by atoms with Gasteiger partial charge in [-0.3, -0.25) is 9.79 Å². The number of ether oxygens (including phenoxy) is 1. The number of benzene rings is 2. The van der Waals surface area contributed by atoms with Gasteiger partial charge < -0.3 is 4.74 Å². The maximum Gasteiger partial charge on any atom is 0.182 e. The van der Waals surface area contributed by atoms with Crippen LogP contribution in [0.2, 0.25) is 0 Å². The third-order valence-corrected chi connectivity index (χ3v) is 4.60. The van der Waals surface area contributed by atoms with Gasteiger partial charge in [0.15, 0.2) is 5.78 Å². The Bertz CT molecular complexity index is 697. The smallest absolute Gasteiger partial charge is 0.182 e. The summed E-state index contributed by atoms with van der Waals surface area (Å²) in [6, 6.07) is 15.7. The molecule has 0 aliphatic carbocycles. The number of rotatable bonds is 5. The number of ketones is 1. The van der Waals surface area contributed by atoms with Crippen LogP contribution in [0, 0.1) is 0 Å². The molecular weight excluding hydrogens is 294 g/mol. The summed E-state index contributed by atoms with van der Waals surface area (Å²) < 4.78 is 5.46. The van der Waals surface area contributed by atoms with E-state index in [1.807, 2.05) is 55.5 Å². The van der Waals surface area contributed by atoms with Gasteiger partial charge in [0.25, 0.3) is 0 Å². The first kappa shape index (κ1) is 14.9. The van der Waals surface area contributed by atoms with Gasteiger partial charge in [-0.05, 0) is 30.7 Å². The molecule has 1 aliphatic rings. The molecule has 0 spiro atoms. The number of hydrogen-bond donors (Lipinski definition) is 0. The third-order valence-electron chi connectivity index (χ3n) is 3.40. The van der Waals surface area contributed by atoms with E-state index in [4.69, 9.17) is 4.74 Å². The van der Waals surface area contributed by atoms with E-state index in [2.05, 4.69) is 4.99 Å². The fraction of sp³-hybridized carbons (Fsp3) is 0.222. The third kappa shape index (κ3) is 3.22. The molecule has 3 rings (SSSR count). The van der Waals surface area contributed by atoms with Crippen molar-refractivity contribution in [2.45, 2.75) is 23.6 Å². The molecule has 1 heterocycles. The van der Waals surface area contributed by atoms with Crippen LogP contribution < -0.4 is 4.74 Å².